The number of piperidine rings is 1. The fourth-order valence-electron chi connectivity index (χ4n) is 2.60. The lowest BCUT2D eigenvalue weighted by Crippen LogP contribution is -2.47. The van der Waals surface area contributed by atoms with Gasteiger partial charge < -0.3 is 19.7 Å². The maximum atomic E-state index is 12.8. The van der Waals surface area contributed by atoms with Gasteiger partial charge in [0.2, 0.25) is 0 Å². The van der Waals surface area contributed by atoms with Crippen LogP contribution in [0.5, 0.6) is 5.75 Å². The summed E-state index contributed by atoms with van der Waals surface area (Å²) in [7, 11) is 3.54. The molecule has 0 unspecified atom stereocenters. The highest BCUT2D eigenvalue weighted by Gasteiger charge is 2.25. The highest BCUT2D eigenvalue weighted by atomic mass is 35.5. The van der Waals surface area contributed by atoms with Gasteiger partial charge in [-0.2, -0.15) is 0 Å². The third-order valence-electron chi connectivity index (χ3n) is 3.83. The Morgan fingerprint density at radius 2 is 2.27 bits per heavy atom. The van der Waals surface area contributed by atoms with Crippen molar-refractivity contribution in [2.75, 3.05) is 40.5 Å². The zero-order chi connectivity index (χ0) is 15.9. The second-order valence-electron chi connectivity index (χ2n) is 5.36. The lowest BCUT2D eigenvalue weighted by Gasteiger charge is -2.33. The number of methoxy groups -OCH3 is 1. The lowest BCUT2D eigenvalue weighted by atomic mass is 10.0. The molecular formula is C16H23ClN2O3. The maximum Gasteiger partial charge on any atom is 0.257 e. The Hall–Kier alpha value is -1.30. The summed E-state index contributed by atoms with van der Waals surface area (Å²) in [5.41, 5.74) is 0.514. The molecule has 0 aliphatic carbocycles. The maximum absolute atomic E-state index is 12.8. The van der Waals surface area contributed by atoms with Crippen molar-refractivity contribution < 1.29 is 14.3 Å². The molecule has 0 aromatic heterocycles. The molecule has 0 radical (unpaired) electrons. The van der Waals surface area contributed by atoms with E-state index in [0.29, 0.717) is 42.1 Å². The number of benzene rings is 1. The van der Waals surface area contributed by atoms with Crippen molar-refractivity contribution in [3.8, 4) is 5.75 Å². The SMILES string of the molecule is CN[C@@H]1CCCN(C(=O)c2cc(Cl)ccc2OCCOC)C1. The van der Waals surface area contributed by atoms with Gasteiger partial charge in [0.05, 0.1) is 12.2 Å². The molecule has 1 aliphatic rings. The quantitative estimate of drug-likeness (QED) is 0.814. The molecule has 1 heterocycles. The van der Waals surface area contributed by atoms with Crippen molar-refractivity contribution in [2.45, 2.75) is 18.9 Å². The fraction of sp³-hybridized carbons (Fsp3) is 0.562. The summed E-state index contributed by atoms with van der Waals surface area (Å²) in [5, 5.41) is 3.77. The Morgan fingerprint density at radius 1 is 1.45 bits per heavy atom. The minimum Gasteiger partial charge on any atom is -0.490 e. The van der Waals surface area contributed by atoms with Crippen molar-refractivity contribution in [2.24, 2.45) is 0 Å². The molecule has 1 aliphatic heterocycles. The van der Waals surface area contributed by atoms with Crippen molar-refractivity contribution >= 4 is 17.5 Å². The van der Waals surface area contributed by atoms with Gasteiger partial charge in [-0.1, -0.05) is 11.6 Å². The predicted octanol–water partition coefficient (Wildman–Crippen LogP) is 2.19. The summed E-state index contributed by atoms with van der Waals surface area (Å²) >= 11 is 6.05. The number of rotatable bonds is 6. The Balaban J connectivity index is 2.14. The third kappa shape index (κ3) is 4.35. The van der Waals surface area contributed by atoms with Gasteiger partial charge in [-0.05, 0) is 38.1 Å². The number of nitrogens with one attached hydrogen (secondary N) is 1. The average Bonchev–Trinajstić information content (AvgIpc) is 2.55. The highest BCUT2D eigenvalue weighted by Crippen LogP contribution is 2.25. The normalized spacial score (nSPS) is 18.3. The number of hydrogen-bond donors (Lipinski definition) is 1. The average molecular weight is 327 g/mol. The Labute approximate surface area is 136 Å². The number of carbonyl (C=O) groups is 1. The van der Waals surface area contributed by atoms with Crippen LogP contribution in [0, 0.1) is 0 Å². The van der Waals surface area contributed by atoms with Gasteiger partial charge in [0.25, 0.3) is 5.91 Å². The van der Waals surface area contributed by atoms with E-state index in [2.05, 4.69) is 5.32 Å². The molecule has 122 valence electrons. The van der Waals surface area contributed by atoms with Crippen molar-refractivity contribution in [3.63, 3.8) is 0 Å². The van der Waals surface area contributed by atoms with Crippen LogP contribution in [0.2, 0.25) is 5.02 Å². The van der Waals surface area contributed by atoms with E-state index >= 15 is 0 Å². The fourth-order valence-corrected chi connectivity index (χ4v) is 2.77. The molecule has 1 saturated heterocycles. The van der Waals surface area contributed by atoms with E-state index < -0.39 is 0 Å². The molecule has 1 N–H and O–H groups in total. The van der Waals surface area contributed by atoms with Crippen molar-refractivity contribution in [1.82, 2.24) is 10.2 Å². The van der Waals surface area contributed by atoms with Crippen LogP contribution >= 0.6 is 11.6 Å². The van der Waals surface area contributed by atoms with E-state index in [1.54, 1.807) is 25.3 Å². The molecule has 5 nitrogen and oxygen atoms in total. The number of halogens is 1. The first-order valence-electron chi connectivity index (χ1n) is 7.53. The summed E-state index contributed by atoms with van der Waals surface area (Å²) in [6, 6.07) is 5.49. The summed E-state index contributed by atoms with van der Waals surface area (Å²) in [6.07, 6.45) is 2.09. The summed E-state index contributed by atoms with van der Waals surface area (Å²) in [5.74, 6) is 0.521. The van der Waals surface area contributed by atoms with Crippen LogP contribution in [0.25, 0.3) is 0 Å². The van der Waals surface area contributed by atoms with Crippen molar-refractivity contribution in [1.29, 1.82) is 0 Å². The molecule has 1 aromatic carbocycles. The molecule has 1 fully saturated rings. The summed E-state index contributed by atoms with van der Waals surface area (Å²) in [6.45, 7) is 2.35. The second kappa shape index (κ2) is 8.36. The molecule has 6 heteroatoms. The van der Waals surface area contributed by atoms with Gasteiger partial charge in [-0.3, -0.25) is 4.79 Å². The Bertz CT molecular complexity index is 510. The third-order valence-corrected chi connectivity index (χ3v) is 4.07. The number of hydrogen-bond acceptors (Lipinski definition) is 4. The van der Waals surface area contributed by atoms with Crippen molar-refractivity contribution in [3.05, 3.63) is 28.8 Å². The Morgan fingerprint density at radius 3 is 3.00 bits per heavy atom. The molecule has 0 saturated carbocycles. The first-order chi connectivity index (χ1) is 10.7. The van der Waals surface area contributed by atoms with Crippen LogP contribution in [-0.2, 0) is 4.74 Å². The van der Waals surface area contributed by atoms with Gasteiger partial charge >= 0.3 is 0 Å². The molecule has 0 bridgehead atoms. The monoisotopic (exact) mass is 326 g/mol. The van der Waals surface area contributed by atoms with E-state index in [9.17, 15) is 4.79 Å². The molecule has 22 heavy (non-hydrogen) atoms. The van der Waals surface area contributed by atoms with E-state index in [4.69, 9.17) is 21.1 Å². The zero-order valence-corrected chi connectivity index (χ0v) is 13.9. The van der Waals surface area contributed by atoms with Gasteiger partial charge in [-0.15, -0.1) is 0 Å². The molecule has 1 aromatic rings. The number of amides is 1. The number of nitrogens with zero attached hydrogens (tertiary/aromatic N) is 1. The lowest BCUT2D eigenvalue weighted by molar-refractivity contribution is 0.0691. The second-order valence-corrected chi connectivity index (χ2v) is 5.80. The zero-order valence-electron chi connectivity index (χ0n) is 13.1. The van der Waals surface area contributed by atoms with Crippen LogP contribution in [0.1, 0.15) is 23.2 Å². The van der Waals surface area contributed by atoms with E-state index in [-0.39, 0.29) is 5.91 Å². The smallest absolute Gasteiger partial charge is 0.257 e. The van der Waals surface area contributed by atoms with Crippen LogP contribution in [-0.4, -0.2) is 57.3 Å². The molecule has 1 atom stereocenters. The van der Waals surface area contributed by atoms with E-state index in [1.165, 1.54) is 0 Å². The molecular weight excluding hydrogens is 304 g/mol. The standard InChI is InChI=1S/C16H23ClN2O3/c1-18-13-4-3-7-19(11-13)16(20)14-10-12(17)5-6-15(14)22-9-8-21-2/h5-6,10,13,18H,3-4,7-9,11H2,1-2H3/t13-/m1/s1. The first kappa shape index (κ1) is 17.1. The van der Waals surface area contributed by atoms with Crippen LogP contribution in [0.15, 0.2) is 18.2 Å². The van der Waals surface area contributed by atoms with Gasteiger partial charge in [-0.25, -0.2) is 0 Å². The predicted molar refractivity (Wildman–Crippen MR) is 86.8 cm³/mol. The first-order valence-corrected chi connectivity index (χ1v) is 7.91. The summed E-state index contributed by atoms with van der Waals surface area (Å²) < 4.78 is 10.6. The van der Waals surface area contributed by atoms with Gasteiger partial charge in [0.1, 0.15) is 12.4 Å². The van der Waals surface area contributed by atoms with Gasteiger partial charge in [0, 0.05) is 31.3 Å². The van der Waals surface area contributed by atoms with Gasteiger partial charge in [0.15, 0.2) is 0 Å². The summed E-state index contributed by atoms with van der Waals surface area (Å²) in [4.78, 5) is 14.7. The molecule has 2 rings (SSSR count). The number of likely N-dealkylation sites (tertiary alicyclic amines) is 1. The largest absolute Gasteiger partial charge is 0.490 e. The Kier molecular flexibility index (Phi) is 6.49. The number of ether oxygens (including phenoxy) is 2. The minimum absolute atomic E-state index is 0.0325. The molecule has 0 spiro atoms. The highest BCUT2D eigenvalue weighted by molar-refractivity contribution is 6.31. The minimum atomic E-state index is -0.0325. The van der Waals surface area contributed by atoms with Crippen LogP contribution in [0.4, 0.5) is 0 Å². The number of carbonyl (C=O) groups excluding carboxylic acids is 1. The molecule has 1 amide bonds. The number of likely N-dealkylation sites (N-methyl/N-ethyl adjacent to an activating group) is 1. The van der Waals surface area contributed by atoms with Crippen LogP contribution < -0.4 is 10.1 Å². The topological polar surface area (TPSA) is 50.8 Å². The van der Waals surface area contributed by atoms with E-state index in [1.807, 2.05) is 11.9 Å². The van der Waals surface area contributed by atoms with E-state index in [0.717, 1.165) is 19.4 Å². The van der Waals surface area contributed by atoms with Crippen LogP contribution in [0.3, 0.4) is 0 Å².